The molecule has 0 aliphatic rings. The summed E-state index contributed by atoms with van der Waals surface area (Å²) < 4.78 is 38.1. The van der Waals surface area contributed by atoms with E-state index in [-0.39, 0.29) is 12.1 Å². The Labute approximate surface area is 129 Å². The van der Waals surface area contributed by atoms with Crippen molar-refractivity contribution in [3.8, 4) is 6.07 Å². The zero-order valence-electron chi connectivity index (χ0n) is 11.3. The van der Waals surface area contributed by atoms with Crippen molar-refractivity contribution in [3.05, 3.63) is 57.8 Å². The van der Waals surface area contributed by atoms with E-state index in [1.807, 2.05) is 6.07 Å². The first-order chi connectivity index (χ1) is 10.4. The Bertz CT molecular complexity index is 672. The normalized spacial score (nSPS) is 11.0. The van der Waals surface area contributed by atoms with Crippen molar-refractivity contribution >= 4 is 17.2 Å². The smallest absolute Gasteiger partial charge is 0.325 e. The van der Waals surface area contributed by atoms with Crippen LogP contribution in [0.1, 0.15) is 21.5 Å². The minimum absolute atomic E-state index is 0.109. The number of carbonyl (C=O) groups is 1. The van der Waals surface area contributed by atoms with Gasteiger partial charge in [-0.2, -0.15) is 29.8 Å². The summed E-state index contributed by atoms with van der Waals surface area (Å²) in [5, 5.41) is 12.2. The van der Waals surface area contributed by atoms with Gasteiger partial charge in [0.15, 0.2) is 0 Å². The molecular formula is C15H11F3N2OS. The van der Waals surface area contributed by atoms with E-state index in [4.69, 9.17) is 5.26 Å². The Morgan fingerprint density at radius 1 is 1.23 bits per heavy atom. The number of hydrogen-bond acceptors (Lipinski definition) is 3. The molecule has 0 aliphatic carbocycles. The number of halogens is 3. The van der Waals surface area contributed by atoms with E-state index < -0.39 is 18.6 Å². The first-order valence-electron chi connectivity index (χ1n) is 6.26. The van der Waals surface area contributed by atoms with E-state index >= 15 is 0 Å². The van der Waals surface area contributed by atoms with Gasteiger partial charge in [-0.3, -0.25) is 4.79 Å². The van der Waals surface area contributed by atoms with Crippen molar-refractivity contribution in [3.63, 3.8) is 0 Å². The maximum Gasteiger partial charge on any atom is 0.406 e. The number of carbonyl (C=O) groups excluding carboxylic acids is 1. The van der Waals surface area contributed by atoms with Crippen molar-refractivity contribution in [2.24, 2.45) is 0 Å². The molecule has 0 bridgehead atoms. The molecule has 0 aliphatic heterocycles. The lowest BCUT2D eigenvalue weighted by atomic mass is 10.1. The van der Waals surface area contributed by atoms with Crippen LogP contribution < -0.4 is 0 Å². The maximum atomic E-state index is 12.7. The summed E-state index contributed by atoms with van der Waals surface area (Å²) in [6.45, 7) is -1.43. The van der Waals surface area contributed by atoms with E-state index in [1.165, 1.54) is 35.6 Å². The predicted molar refractivity (Wildman–Crippen MR) is 76.3 cm³/mol. The van der Waals surface area contributed by atoms with Crippen LogP contribution in [0.25, 0.3) is 0 Å². The zero-order chi connectivity index (χ0) is 16.2. The van der Waals surface area contributed by atoms with Gasteiger partial charge in [0, 0.05) is 12.1 Å². The lowest BCUT2D eigenvalue weighted by molar-refractivity contribution is -0.141. The molecule has 2 rings (SSSR count). The maximum absolute atomic E-state index is 12.7. The van der Waals surface area contributed by atoms with Crippen LogP contribution in [-0.2, 0) is 6.54 Å². The zero-order valence-corrected chi connectivity index (χ0v) is 12.1. The Hall–Kier alpha value is -2.33. The first kappa shape index (κ1) is 16.0. The van der Waals surface area contributed by atoms with Gasteiger partial charge in [0.05, 0.1) is 11.6 Å². The third-order valence-corrected chi connectivity index (χ3v) is 3.60. The summed E-state index contributed by atoms with van der Waals surface area (Å²) in [6.07, 6.45) is -4.47. The van der Waals surface area contributed by atoms with Crippen molar-refractivity contribution in [2.45, 2.75) is 12.7 Å². The fraction of sp³-hybridized carbons (Fsp3) is 0.200. The van der Waals surface area contributed by atoms with Crippen molar-refractivity contribution in [1.29, 1.82) is 5.26 Å². The SMILES string of the molecule is N#Cc1ccc(C(=O)N(Cc2ccsc2)CC(F)(F)F)cc1. The number of benzene rings is 1. The molecule has 1 aromatic carbocycles. The van der Waals surface area contributed by atoms with Crippen LogP contribution in [0.2, 0.25) is 0 Å². The number of nitrogens with zero attached hydrogens (tertiary/aromatic N) is 2. The fourth-order valence-electron chi connectivity index (χ4n) is 1.89. The molecule has 0 atom stereocenters. The van der Waals surface area contributed by atoms with Crippen LogP contribution in [-0.4, -0.2) is 23.5 Å². The summed E-state index contributed by atoms with van der Waals surface area (Å²) in [5.41, 5.74) is 1.12. The van der Waals surface area contributed by atoms with Gasteiger partial charge in [0.2, 0.25) is 0 Å². The van der Waals surface area contributed by atoms with E-state index in [0.717, 1.165) is 4.90 Å². The molecule has 1 aromatic heterocycles. The van der Waals surface area contributed by atoms with Crippen LogP contribution in [0.5, 0.6) is 0 Å². The molecule has 3 nitrogen and oxygen atoms in total. The van der Waals surface area contributed by atoms with Crippen LogP contribution in [0.3, 0.4) is 0 Å². The lowest BCUT2D eigenvalue weighted by Gasteiger charge is -2.23. The average Bonchev–Trinajstić information content (AvgIpc) is 2.97. The molecule has 1 heterocycles. The van der Waals surface area contributed by atoms with Gasteiger partial charge in [-0.25, -0.2) is 0 Å². The third kappa shape index (κ3) is 4.33. The van der Waals surface area contributed by atoms with Crippen LogP contribution >= 0.6 is 11.3 Å². The van der Waals surface area contributed by atoms with E-state index in [9.17, 15) is 18.0 Å². The van der Waals surface area contributed by atoms with Gasteiger partial charge >= 0.3 is 6.18 Å². The standard InChI is InChI=1S/C15H11F3N2OS/c16-15(17,18)10-20(8-12-5-6-22-9-12)14(21)13-3-1-11(7-19)2-4-13/h1-6,9H,8,10H2. The second kappa shape index (κ2) is 6.62. The van der Waals surface area contributed by atoms with E-state index in [2.05, 4.69) is 0 Å². The molecule has 0 N–H and O–H groups in total. The highest BCUT2D eigenvalue weighted by Gasteiger charge is 2.33. The number of hydrogen-bond donors (Lipinski definition) is 0. The number of rotatable bonds is 4. The fourth-order valence-corrected chi connectivity index (χ4v) is 2.55. The van der Waals surface area contributed by atoms with Gasteiger partial charge in [-0.1, -0.05) is 0 Å². The molecule has 0 saturated carbocycles. The van der Waals surface area contributed by atoms with E-state index in [0.29, 0.717) is 11.1 Å². The number of alkyl halides is 3. The summed E-state index contributed by atoms with van der Waals surface area (Å²) in [4.78, 5) is 13.0. The average molecular weight is 324 g/mol. The van der Waals surface area contributed by atoms with Crippen molar-refractivity contribution in [1.82, 2.24) is 4.90 Å². The Balaban J connectivity index is 2.22. The quantitative estimate of drug-likeness (QED) is 0.858. The molecule has 22 heavy (non-hydrogen) atoms. The highest BCUT2D eigenvalue weighted by molar-refractivity contribution is 7.07. The molecule has 0 saturated heterocycles. The van der Waals surface area contributed by atoms with Gasteiger partial charge in [-0.15, -0.1) is 0 Å². The third-order valence-electron chi connectivity index (χ3n) is 2.87. The minimum atomic E-state index is -4.47. The largest absolute Gasteiger partial charge is 0.406 e. The second-order valence-electron chi connectivity index (χ2n) is 4.60. The van der Waals surface area contributed by atoms with Gasteiger partial charge in [0.25, 0.3) is 5.91 Å². The number of thiophene rings is 1. The van der Waals surface area contributed by atoms with Crippen molar-refractivity contribution in [2.75, 3.05) is 6.54 Å². The molecule has 0 fully saturated rings. The van der Waals surface area contributed by atoms with Gasteiger partial charge in [-0.05, 0) is 46.7 Å². The highest BCUT2D eigenvalue weighted by atomic mass is 32.1. The van der Waals surface area contributed by atoms with Crippen LogP contribution in [0.4, 0.5) is 13.2 Å². The summed E-state index contributed by atoms with van der Waals surface area (Å²) in [7, 11) is 0. The number of amides is 1. The summed E-state index contributed by atoms with van der Waals surface area (Å²) >= 11 is 1.36. The predicted octanol–water partition coefficient (Wildman–Crippen LogP) is 3.82. The van der Waals surface area contributed by atoms with Gasteiger partial charge < -0.3 is 4.90 Å². The molecule has 0 radical (unpaired) electrons. The summed E-state index contributed by atoms with van der Waals surface area (Å²) in [6, 6.07) is 9.10. The lowest BCUT2D eigenvalue weighted by Crippen LogP contribution is -2.38. The molecule has 0 unspecified atom stereocenters. The molecule has 2 aromatic rings. The van der Waals surface area contributed by atoms with E-state index in [1.54, 1.807) is 16.8 Å². The summed E-state index contributed by atoms with van der Waals surface area (Å²) in [5.74, 6) is -0.715. The Kier molecular flexibility index (Phi) is 4.83. The first-order valence-corrected chi connectivity index (χ1v) is 7.20. The Morgan fingerprint density at radius 2 is 1.91 bits per heavy atom. The van der Waals surface area contributed by atoms with Crippen molar-refractivity contribution < 1.29 is 18.0 Å². The minimum Gasteiger partial charge on any atom is -0.325 e. The van der Waals surface area contributed by atoms with Crippen LogP contribution in [0.15, 0.2) is 41.1 Å². The molecule has 114 valence electrons. The topological polar surface area (TPSA) is 44.1 Å². The number of nitriles is 1. The Morgan fingerprint density at radius 3 is 2.41 bits per heavy atom. The molecule has 0 spiro atoms. The monoisotopic (exact) mass is 324 g/mol. The van der Waals surface area contributed by atoms with Crippen LogP contribution in [0, 0.1) is 11.3 Å². The molecule has 7 heteroatoms. The second-order valence-corrected chi connectivity index (χ2v) is 5.38. The van der Waals surface area contributed by atoms with Gasteiger partial charge in [0.1, 0.15) is 6.54 Å². The highest BCUT2D eigenvalue weighted by Crippen LogP contribution is 2.21. The molecular weight excluding hydrogens is 313 g/mol. The molecule has 1 amide bonds.